The van der Waals surface area contributed by atoms with Gasteiger partial charge in [0.25, 0.3) is 0 Å². The van der Waals surface area contributed by atoms with Gasteiger partial charge in [-0.05, 0) is 17.7 Å². The lowest BCUT2D eigenvalue weighted by molar-refractivity contribution is 0.216. The van der Waals surface area contributed by atoms with Crippen molar-refractivity contribution in [1.82, 2.24) is 4.65 Å². The van der Waals surface area contributed by atoms with Gasteiger partial charge in [0, 0.05) is 0 Å². The summed E-state index contributed by atoms with van der Waals surface area (Å²) in [7, 11) is 0. The van der Waals surface area contributed by atoms with Gasteiger partial charge in [-0.1, -0.05) is 48.5 Å². The van der Waals surface area contributed by atoms with Crippen LogP contribution in [0.15, 0.2) is 60.7 Å². The van der Waals surface area contributed by atoms with Gasteiger partial charge in [-0.2, -0.15) is 0 Å². The summed E-state index contributed by atoms with van der Waals surface area (Å²) >= 11 is 0. The summed E-state index contributed by atoms with van der Waals surface area (Å²) in [6, 6.07) is 19.5. The van der Waals surface area contributed by atoms with E-state index in [1.54, 1.807) is 0 Å². The molecule has 0 aliphatic carbocycles. The van der Waals surface area contributed by atoms with E-state index in [1.165, 1.54) is 0 Å². The Morgan fingerprint density at radius 2 is 1.61 bits per heavy atom. The van der Waals surface area contributed by atoms with Gasteiger partial charge in [-0.15, -0.1) is 0 Å². The standard InChI is InChI=1S/C15H13NO2/c17-16(13-9-5-2-6-10-13)11-15(14(16)18-15)12-7-3-1-4-8-12/h1-10,14H,11H2. The molecule has 2 fully saturated rings. The van der Waals surface area contributed by atoms with E-state index in [0.29, 0.717) is 6.54 Å². The summed E-state index contributed by atoms with van der Waals surface area (Å²) < 4.78 is 5.38. The van der Waals surface area contributed by atoms with Gasteiger partial charge < -0.3 is 5.21 Å². The first-order valence-electron chi connectivity index (χ1n) is 6.13. The van der Waals surface area contributed by atoms with E-state index in [9.17, 15) is 5.21 Å². The van der Waals surface area contributed by atoms with Crippen LogP contribution in [-0.4, -0.2) is 12.8 Å². The Morgan fingerprint density at radius 1 is 1.00 bits per heavy atom. The number of epoxide rings is 1. The van der Waals surface area contributed by atoms with Gasteiger partial charge in [-0.25, -0.2) is 0 Å². The predicted molar refractivity (Wildman–Crippen MR) is 69.5 cm³/mol. The van der Waals surface area contributed by atoms with Gasteiger partial charge in [0.1, 0.15) is 12.2 Å². The number of quaternary nitrogens is 1. The van der Waals surface area contributed by atoms with Gasteiger partial charge in [0.2, 0.25) is 11.8 Å². The quantitative estimate of drug-likeness (QED) is 0.459. The number of hydrogen-bond donors (Lipinski definition) is 0. The Kier molecular flexibility index (Phi) is 1.83. The average molecular weight is 239 g/mol. The SMILES string of the molecule is [O-][N+]1(c2ccccc2)CC2(c3ccccc3)OC21. The summed E-state index contributed by atoms with van der Waals surface area (Å²) in [6.45, 7) is 0.478. The topological polar surface area (TPSA) is 35.6 Å². The molecule has 3 unspecified atom stereocenters. The number of benzene rings is 2. The molecule has 0 N–H and O–H groups in total. The van der Waals surface area contributed by atoms with Gasteiger partial charge in [-0.3, -0.25) is 9.38 Å². The third kappa shape index (κ3) is 1.13. The fourth-order valence-electron chi connectivity index (χ4n) is 2.95. The second-order valence-corrected chi connectivity index (χ2v) is 5.01. The van der Waals surface area contributed by atoms with E-state index >= 15 is 0 Å². The molecule has 3 heteroatoms. The second kappa shape index (κ2) is 3.20. The number of nitrogens with zero attached hydrogens (tertiary/aromatic N) is 1. The molecule has 0 bridgehead atoms. The highest BCUT2D eigenvalue weighted by atomic mass is 16.7. The molecule has 2 saturated heterocycles. The number of hydrogen-bond acceptors (Lipinski definition) is 2. The zero-order valence-electron chi connectivity index (χ0n) is 9.82. The number of ether oxygens (including phenoxy) is 1. The maximum absolute atomic E-state index is 12.7. The van der Waals surface area contributed by atoms with Crippen molar-refractivity contribution in [2.24, 2.45) is 0 Å². The van der Waals surface area contributed by atoms with Crippen LogP contribution in [0.1, 0.15) is 5.56 Å². The summed E-state index contributed by atoms with van der Waals surface area (Å²) in [5, 5.41) is 12.7. The number of hydroxylamine groups is 2. The molecule has 2 aliphatic heterocycles. The fourth-order valence-corrected chi connectivity index (χ4v) is 2.95. The molecule has 0 amide bonds. The first kappa shape index (κ1) is 10.3. The van der Waals surface area contributed by atoms with Gasteiger partial charge in [0.15, 0.2) is 0 Å². The second-order valence-electron chi connectivity index (χ2n) is 5.01. The zero-order chi connectivity index (χ0) is 12.2. The maximum Gasteiger partial charge on any atom is 0.239 e. The third-order valence-electron chi connectivity index (χ3n) is 3.97. The van der Waals surface area contributed by atoms with Crippen molar-refractivity contribution < 1.29 is 4.74 Å². The summed E-state index contributed by atoms with van der Waals surface area (Å²) in [5.41, 5.74) is 1.58. The van der Waals surface area contributed by atoms with Gasteiger partial charge >= 0.3 is 0 Å². The summed E-state index contributed by atoms with van der Waals surface area (Å²) in [4.78, 5) is 0. The molecule has 0 saturated carbocycles. The van der Waals surface area contributed by atoms with Crippen LogP contribution in [0.2, 0.25) is 0 Å². The highest BCUT2D eigenvalue weighted by Crippen LogP contribution is 2.62. The maximum atomic E-state index is 12.7. The highest BCUT2D eigenvalue weighted by Gasteiger charge is 2.79. The molecule has 3 atom stereocenters. The molecule has 2 aromatic rings. The predicted octanol–water partition coefficient (Wildman–Crippen LogP) is 2.76. The minimum atomic E-state index is -0.351. The van der Waals surface area contributed by atoms with Crippen molar-refractivity contribution in [3.8, 4) is 0 Å². The Balaban J connectivity index is 1.66. The largest absolute Gasteiger partial charge is 0.625 e. The molecule has 2 aromatic carbocycles. The van der Waals surface area contributed by atoms with Crippen LogP contribution in [0.4, 0.5) is 5.69 Å². The van der Waals surface area contributed by atoms with Crippen molar-refractivity contribution in [2.45, 2.75) is 11.8 Å². The van der Waals surface area contributed by atoms with Crippen LogP contribution < -0.4 is 4.65 Å². The molecule has 2 aliphatic rings. The minimum absolute atomic E-state index is 0.262. The van der Waals surface area contributed by atoms with E-state index in [-0.39, 0.29) is 16.5 Å². The Labute approximate surface area is 105 Å². The first-order chi connectivity index (χ1) is 8.76. The molecule has 90 valence electrons. The van der Waals surface area contributed by atoms with Crippen LogP contribution in [0.5, 0.6) is 0 Å². The van der Waals surface area contributed by atoms with Crippen molar-refractivity contribution in [2.75, 3.05) is 6.54 Å². The molecular formula is C15H13NO2. The molecular weight excluding hydrogens is 226 g/mol. The minimum Gasteiger partial charge on any atom is -0.625 e. The molecule has 2 heterocycles. The van der Waals surface area contributed by atoms with Crippen molar-refractivity contribution in [3.63, 3.8) is 0 Å². The Hall–Kier alpha value is -1.68. The molecule has 0 spiro atoms. The zero-order valence-corrected chi connectivity index (χ0v) is 9.82. The average Bonchev–Trinajstić information content (AvgIpc) is 3.09. The Bertz CT molecular complexity index is 586. The normalized spacial score (nSPS) is 36.6. The molecule has 3 nitrogen and oxygen atoms in total. The summed E-state index contributed by atoms with van der Waals surface area (Å²) in [6.07, 6.45) is -0.262. The summed E-state index contributed by atoms with van der Waals surface area (Å²) in [5.74, 6) is 0. The first-order valence-corrected chi connectivity index (χ1v) is 6.13. The van der Waals surface area contributed by atoms with Crippen LogP contribution in [0.3, 0.4) is 0 Å². The highest BCUT2D eigenvalue weighted by molar-refractivity contribution is 5.53. The lowest BCUT2D eigenvalue weighted by Gasteiger charge is -2.48. The smallest absolute Gasteiger partial charge is 0.239 e. The van der Waals surface area contributed by atoms with Crippen LogP contribution in [-0.2, 0) is 10.3 Å². The van der Waals surface area contributed by atoms with E-state index in [1.807, 2.05) is 60.7 Å². The third-order valence-corrected chi connectivity index (χ3v) is 3.97. The van der Waals surface area contributed by atoms with Crippen LogP contribution in [0, 0.1) is 5.21 Å². The lowest BCUT2D eigenvalue weighted by Crippen LogP contribution is -2.62. The van der Waals surface area contributed by atoms with E-state index < -0.39 is 0 Å². The molecule has 18 heavy (non-hydrogen) atoms. The number of fused-ring (bicyclic) bond motifs is 1. The Morgan fingerprint density at radius 3 is 2.22 bits per heavy atom. The fraction of sp³-hybridized carbons (Fsp3) is 0.200. The van der Waals surface area contributed by atoms with Crippen molar-refractivity contribution in [1.29, 1.82) is 0 Å². The lowest BCUT2D eigenvalue weighted by atomic mass is 9.89. The number of para-hydroxylation sites is 1. The molecule has 4 rings (SSSR count). The van der Waals surface area contributed by atoms with Crippen LogP contribution >= 0.6 is 0 Å². The molecule has 0 aromatic heterocycles. The molecule has 0 radical (unpaired) electrons. The van der Waals surface area contributed by atoms with Crippen molar-refractivity contribution >= 4 is 5.69 Å². The monoisotopic (exact) mass is 239 g/mol. The van der Waals surface area contributed by atoms with E-state index in [0.717, 1.165) is 11.3 Å². The number of rotatable bonds is 2. The van der Waals surface area contributed by atoms with Crippen LogP contribution in [0.25, 0.3) is 0 Å². The van der Waals surface area contributed by atoms with Gasteiger partial charge in [0.05, 0.1) is 0 Å². The van der Waals surface area contributed by atoms with E-state index in [4.69, 9.17) is 4.74 Å². The van der Waals surface area contributed by atoms with Crippen molar-refractivity contribution in [3.05, 3.63) is 71.4 Å². The van der Waals surface area contributed by atoms with E-state index in [2.05, 4.69) is 0 Å².